The average molecular weight is 167 g/mol. The van der Waals surface area contributed by atoms with Gasteiger partial charge in [-0.3, -0.25) is 0 Å². The van der Waals surface area contributed by atoms with Gasteiger partial charge in [0.2, 0.25) is 0 Å². The molecule has 2 aliphatic rings. The van der Waals surface area contributed by atoms with Gasteiger partial charge in [0.05, 0.1) is 0 Å². The molecule has 0 saturated heterocycles. The highest BCUT2D eigenvalue weighted by molar-refractivity contribution is 4.92. The first-order valence-corrected chi connectivity index (χ1v) is 5.51. The topological polar surface area (TPSA) is 12.0 Å². The molecule has 70 valence electrons. The largest absolute Gasteiger partial charge is 0.311 e. The molecule has 2 aliphatic carbocycles. The van der Waals surface area contributed by atoms with E-state index >= 15 is 0 Å². The van der Waals surface area contributed by atoms with Gasteiger partial charge in [0, 0.05) is 12.1 Å². The van der Waals surface area contributed by atoms with Gasteiger partial charge in [0.15, 0.2) is 0 Å². The van der Waals surface area contributed by atoms with Crippen LogP contribution in [0.5, 0.6) is 0 Å². The Morgan fingerprint density at radius 2 is 1.83 bits per heavy atom. The van der Waals surface area contributed by atoms with E-state index < -0.39 is 0 Å². The highest BCUT2D eigenvalue weighted by Gasteiger charge is 2.34. The molecule has 0 heterocycles. The Morgan fingerprint density at radius 1 is 1.08 bits per heavy atom. The van der Waals surface area contributed by atoms with Crippen LogP contribution >= 0.6 is 0 Å². The van der Waals surface area contributed by atoms with Gasteiger partial charge in [-0.05, 0) is 31.1 Å². The second kappa shape index (κ2) is 3.37. The molecule has 2 saturated carbocycles. The average Bonchev–Trinajstić information content (AvgIpc) is 2.66. The maximum absolute atomic E-state index is 3.77. The van der Waals surface area contributed by atoms with Crippen molar-refractivity contribution in [3.05, 3.63) is 0 Å². The molecule has 0 aromatic heterocycles. The Bertz CT molecular complexity index is 155. The molecule has 1 heteroatoms. The zero-order valence-corrected chi connectivity index (χ0v) is 8.34. The van der Waals surface area contributed by atoms with E-state index in [0.717, 1.165) is 23.9 Å². The molecule has 4 unspecified atom stereocenters. The molecule has 0 aromatic carbocycles. The van der Waals surface area contributed by atoms with E-state index in [4.69, 9.17) is 0 Å². The predicted molar refractivity (Wildman–Crippen MR) is 52.1 cm³/mol. The summed E-state index contributed by atoms with van der Waals surface area (Å²) in [4.78, 5) is 0. The fraction of sp³-hybridized carbons (Fsp3) is 1.00. The molecule has 2 rings (SSSR count). The lowest BCUT2D eigenvalue weighted by Crippen LogP contribution is -2.35. The van der Waals surface area contributed by atoms with Crippen LogP contribution in [0.2, 0.25) is 0 Å². The summed E-state index contributed by atoms with van der Waals surface area (Å²) in [6, 6.07) is 1.73. The third-order valence-electron chi connectivity index (χ3n) is 3.50. The summed E-state index contributed by atoms with van der Waals surface area (Å²) in [7, 11) is 0. The van der Waals surface area contributed by atoms with E-state index in [0.29, 0.717) is 0 Å². The molecule has 0 aliphatic heterocycles. The van der Waals surface area contributed by atoms with Crippen molar-refractivity contribution >= 4 is 0 Å². The van der Waals surface area contributed by atoms with Crippen LogP contribution in [-0.2, 0) is 0 Å². The molecule has 2 fully saturated rings. The van der Waals surface area contributed by atoms with E-state index in [-0.39, 0.29) is 0 Å². The predicted octanol–water partition coefficient (Wildman–Crippen LogP) is 2.56. The van der Waals surface area contributed by atoms with Crippen LogP contribution in [0.15, 0.2) is 0 Å². The summed E-state index contributed by atoms with van der Waals surface area (Å²) in [6.45, 7) is 4.74. The van der Waals surface area contributed by atoms with Gasteiger partial charge in [0.25, 0.3) is 0 Å². The normalized spacial score (nSPS) is 47.5. The summed E-state index contributed by atoms with van der Waals surface area (Å²) < 4.78 is 0. The van der Waals surface area contributed by atoms with Crippen molar-refractivity contribution in [1.29, 1.82) is 0 Å². The van der Waals surface area contributed by atoms with Crippen molar-refractivity contribution in [3.8, 4) is 0 Å². The molecule has 0 bridgehead atoms. The van der Waals surface area contributed by atoms with Crippen LogP contribution < -0.4 is 5.32 Å². The molecule has 0 amide bonds. The molecule has 0 radical (unpaired) electrons. The van der Waals surface area contributed by atoms with Crippen LogP contribution in [0.4, 0.5) is 0 Å². The highest BCUT2D eigenvalue weighted by atomic mass is 15.0. The number of nitrogens with one attached hydrogen (secondary N) is 1. The van der Waals surface area contributed by atoms with Crippen LogP contribution in [0.25, 0.3) is 0 Å². The Hall–Kier alpha value is -0.0400. The summed E-state index contributed by atoms with van der Waals surface area (Å²) in [6.07, 6.45) is 7.17. The van der Waals surface area contributed by atoms with E-state index in [2.05, 4.69) is 19.2 Å². The van der Waals surface area contributed by atoms with Crippen LogP contribution in [0.3, 0.4) is 0 Å². The molecule has 0 aromatic rings. The third kappa shape index (κ3) is 2.01. The van der Waals surface area contributed by atoms with Gasteiger partial charge in [-0.25, -0.2) is 0 Å². The Kier molecular flexibility index (Phi) is 2.40. The number of hydrogen-bond acceptors (Lipinski definition) is 1. The van der Waals surface area contributed by atoms with E-state index in [9.17, 15) is 0 Å². The van der Waals surface area contributed by atoms with E-state index in [1.165, 1.54) is 32.1 Å². The highest BCUT2D eigenvalue weighted by Crippen LogP contribution is 2.32. The first-order chi connectivity index (χ1) is 5.75. The Labute approximate surface area is 75.9 Å². The molecule has 1 N–H and O–H groups in total. The molecule has 4 atom stereocenters. The van der Waals surface area contributed by atoms with Gasteiger partial charge in [-0.2, -0.15) is 0 Å². The van der Waals surface area contributed by atoms with E-state index in [1.807, 2.05) is 0 Å². The minimum atomic E-state index is 0.851. The molecule has 0 spiro atoms. The van der Waals surface area contributed by atoms with Crippen molar-refractivity contribution in [1.82, 2.24) is 5.32 Å². The first-order valence-electron chi connectivity index (χ1n) is 5.51. The zero-order chi connectivity index (χ0) is 8.55. The third-order valence-corrected chi connectivity index (χ3v) is 3.50. The molecule has 1 nitrogen and oxygen atoms in total. The van der Waals surface area contributed by atoms with Gasteiger partial charge >= 0.3 is 0 Å². The minimum absolute atomic E-state index is 0.851. The summed E-state index contributed by atoms with van der Waals surface area (Å²) in [5.74, 6) is 1.92. The number of rotatable bonds is 2. The van der Waals surface area contributed by atoms with Gasteiger partial charge in [-0.1, -0.05) is 26.7 Å². The fourth-order valence-electron chi connectivity index (χ4n) is 2.44. The van der Waals surface area contributed by atoms with Crippen molar-refractivity contribution in [2.75, 3.05) is 0 Å². The van der Waals surface area contributed by atoms with Crippen molar-refractivity contribution in [2.45, 2.75) is 58.0 Å². The van der Waals surface area contributed by atoms with Crippen LogP contribution in [0.1, 0.15) is 46.0 Å². The number of hydrogen-bond donors (Lipinski definition) is 1. The van der Waals surface area contributed by atoms with Crippen molar-refractivity contribution in [3.63, 3.8) is 0 Å². The Balaban J connectivity index is 1.72. The zero-order valence-electron chi connectivity index (χ0n) is 8.34. The lowest BCUT2D eigenvalue weighted by Gasteiger charge is -2.27. The van der Waals surface area contributed by atoms with Gasteiger partial charge in [0.1, 0.15) is 0 Å². The molecule has 12 heavy (non-hydrogen) atoms. The first kappa shape index (κ1) is 8.55. The van der Waals surface area contributed by atoms with Crippen molar-refractivity contribution in [2.24, 2.45) is 11.8 Å². The fourth-order valence-corrected chi connectivity index (χ4v) is 2.44. The second-order valence-electron chi connectivity index (χ2n) is 4.95. The smallest absolute Gasteiger partial charge is 0.00989 e. The van der Waals surface area contributed by atoms with E-state index in [1.54, 1.807) is 0 Å². The van der Waals surface area contributed by atoms with Crippen LogP contribution in [-0.4, -0.2) is 12.1 Å². The van der Waals surface area contributed by atoms with Crippen molar-refractivity contribution < 1.29 is 0 Å². The Morgan fingerprint density at radius 3 is 2.42 bits per heavy atom. The second-order valence-corrected chi connectivity index (χ2v) is 4.95. The lowest BCUT2D eigenvalue weighted by atomic mass is 9.87. The summed E-state index contributed by atoms with van der Waals surface area (Å²) in [5.41, 5.74) is 0. The SMILES string of the molecule is CC1CCCC(NC2CC2C)C1. The maximum atomic E-state index is 3.77. The lowest BCUT2D eigenvalue weighted by molar-refractivity contribution is 0.297. The van der Waals surface area contributed by atoms with Gasteiger partial charge in [-0.15, -0.1) is 0 Å². The summed E-state index contributed by atoms with van der Waals surface area (Å²) >= 11 is 0. The monoisotopic (exact) mass is 167 g/mol. The van der Waals surface area contributed by atoms with Crippen LogP contribution in [0, 0.1) is 11.8 Å². The quantitative estimate of drug-likeness (QED) is 0.666. The standard InChI is InChI=1S/C11H21N/c1-8-4-3-5-10(6-8)12-11-7-9(11)2/h8-12H,3-7H2,1-2H3. The minimum Gasteiger partial charge on any atom is -0.311 e. The molecular formula is C11H21N. The summed E-state index contributed by atoms with van der Waals surface area (Å²) in [5, 5.41) is 3.77. The maximum Gasteiger partial charge on any atom is 0.00989 e. The molecular weight excluding hydrogens is 146 g/mol. The van der Waals surface area contributed by atoms with Gasteiger partial charge < -0.3 is 5.32 Å².